The van der Waals surface area contributed by atoms with Gasteiger partial charge >= 0.3 is 0 Å². The van der Waals surface area contributed by atoms with Crippen LogP contribution in [0.25, 0.3) is 5.57 Å². The summed E-state index contributed by atoms with van der Waals surface area (Å²) in [4.78, 5) is 0. The lowest BCUT2D eigenvalue weighted by atomic mass is 9.92. The molecule has 2 aromatic rings. The summed E-state index contributed by atoms with van der Waals surface area (Å²) in [6.45, 7) is 4.34. The standard InChI is InChI=1S/C17H14/c1-12-6-5-7-13(2)17(12)16-11-10-14-8-3-4-9-15(14)16/h3-9,11H,1-2H3. The molecule has 0 atom stereocenters. The molecule has 82 valence electrons. The molecule has 17 heavy (non-hydrogen) atoms. The summed E-state index contributed by atoms with van der Waals surface area (Å²) in [6.07, 6.45) is 5.45. The lowest BCUT2D eigenvalue weighted by molar-refractivity contribution is 1.34. The molecule has 0 saturated carbocycles. The summed E-state index contributed by atoms with van der Waals surface area (Å²) in [5, 5.41) is 0. The lowest BCUT2D eigenvalue weighted by Crippen LogP contribution is -1.93. The van der Waals surface area contributed by atoms with Crippen molar-refractivity contribution in [1.29, 1.82) is 0 Å². The first-order valence-corrected chi connectivity index (χ1v) is 5.90. The topological polar surface area (TPSA) is 0 Å². The summed E-state index contributed by atoms with van der Waals surface area (Å²) in [6, 6.07) is 14.9. The fourth-order valence-corrected chi connectivity index (χ4v) is 2.52. The Balaban J connectivity index is 2.20. The highest BCUT2D eigenvalue weighted by Gasteiger charge is 2.17. The van der Waals surface area contributed by atoms with Crippen molar-refractivity contribution >= 4 is 5.57 Å². The SMILES string of the molecule is Cc1cccc(C)c1C1=C[C]c2ccccc21. The first kappa shape index (κ1) is 10.3. The van der Waals surface area contributed by atoms with Crippen LogP contribution in [0.2, 0.25) is 0 Å². The number of hydrogen-bond donors (Lipinski definition) is 0. The number of hydrogen-bond acceptors (Lipinski definition) is 0. The van der Waals surface area contributed by atoms with E-state index in [1.165, 1.54) is 33.4 Å². The van der Waals surface area contributed by atoms with E-state index in [0.29, 0.717) is 0 Å². The second kappa shape index (κ2) is 3.89. The third kappa shape index (κ3) is 1.61. The molecule has 0 aromatic heterocycles. The summed E-state index contributed by atoms with van der Waals surface area (Å²) in [5.41, 5.74) is 7.81. The summed E-state index contributed by atoms with van der Waals surface area (Å²) < 4.78 is 0. The van der Waals surface area contributed by atoms with Gasteiger partial charge in [0.05, 0.1) is 0 Å². The van der Waals surface area contributed by atoms with Gasteiger partial charge in [-0.25, -0.2) is 0 Å². The highest BCUT2D eigenvalue weighted by atomic mass is 14.2. The highest BCUT2D eigenvalue weighted by Crippen LogP contribution is 2.36. The Morgan fingerprint density at radius 3 is 2.29 bits per heavy atom. The van der Waals surface area contributed by atoms with E-state index in [-0.39, 0.29) is 0 Å². The van der Waals surface area contributed by atoms with Gasteiger partial charge in [-0.1, -0.05) is 48.5 Å². The predicted molar refractivity (Wildman–Crippen MR) is 71.8 cm³/mol. The van der Waals surface area contributed by atoms with Crippen LogP contribution in [0, 0.1) is 20.3 Å². The Bertz CT molecular complexity index is 583. The third-order valence-electron chi connectivity index (χ3n) is 3.34. The molecule has 3 rings (SSSR count). The molecule has 2 aromatic carbocycles. The molecule has 0 heterocycles. The van der Waals surface area contributed by atoms with Crippen LogP contribution in [0.4, 0.5) is 0 Å². The average molecular weight is 218 g/mol. The number of fused-ring (bicyclic) bond motifs is 1. The van der Waals surface area contributed by atoms with Crippen molar-refractivity contribution in [2.45, 2.75) is 13.8 Å². The molecule has 0 spiro atoms. The fourth-order valence-electron chi connectivity index (χ4n) is 2.52. The zero-order valence-electron chi connectivity index (χ0n) is 10.1. The smallest absolute Gasteiger partial charge is 0.0436 e. The van der Waals surface area contributed by atoms with Gasteiger partial charge in [0.2, 0.25) is 0 Å². The largest absolute Gasteiger partial charge is 0.0629 e. The summed E-state index contributed by atoms with van der Waals surface area (Å²) in [7, 11) is 0. The summed E-state index contributed by atoms with van der Waals surface area (Å²) in [5.74, 6) is 0. The van der Waals surface area contributed by atoms with Crippen molar-refractivity contribution in [3.8, 4) is 0 Å². The first-order chi connectivity index (χ1) is 8.27. The van der Waals surface area contributed by atoms with Gasteiger partial charge in [0.25, 0.3) is 0 Å². The monoisotopic (exact) mass is 218 g/mol. The molecule has 2 radical (unpaired) electrons. The fraction of sp³-hybridized carbons (Fsp3) is 0.118. The van der Waals surface area contributed by atoms with Crippen LogP contribution in [0.15, 0.2) is 48.5 Å². The van der Waals surface area contributed by atoms with Crippen LogP contribution in [-0.4, -0.2) is 0 Å². The van der Waals surface area contributed by atoms with E-state index in [4.69, 9.17) is 0 Å². The van der Waals surface area contributed by atoms with Crippen molar-refractivity contribution in [2.24, 2.45) is 0 Å². The molecule has 0 aliphatic heterocycles. The van der Waals surface area contributed by atoms with E-state index >= 15 is 0 Å². The zero-order chi connectivity index (χ0) is 11.8. The number of allylic oxidation sites excluding steroid dienone is 1. The maximum atomic E-state index is 3.34. The minimum Gasteiger partial charge on any atom is -0.0629 e. The summed E-state index contributed by atoms with van der Waals surface area (Å²) >= 11 is 0. The van der Waals surface area contributed by atoms with Gasteiger partial charge in [-0.2, -0.15) is 0 Å². The van der Waals surface area contributed by atoms with Crippen LogP contribution in [0.1, 0.15) is 27.8 Å². The first-order valence-electron chi connectivity index (χ1n) is 5.90. The Labute approximate surface area is 103 Å². The van der Waals surface area contributed by atoms with Gasteiger partial charge in [-0.05, 0) is 47.2 Å². The minimum atomic E-state index is 1.20. The third-order valence-corrected chi connectivity index (χ3v) is 3.34. The van der Waals surface area contributed by atoms with Crippen LogP contribution in [0.5, 0.6) is 0 Å². The van der Waals surface area contributed by atoms with Crippen LogP contribution < -0.4 is 0 Å². The van der Waals surface area contributed by atoms with Crippen molar-refractivity contribution in [1.82, 2.24) is 0 Å². The van der Waals surface area contributed by atoms with Gasteiger partial charge in [0.15, 0.2) is 0 Å². The van der Waals surface area contributed by atoms with E-state index < -0.39 is 0 Å². The molecule has 0 heteroatoms. The quantitative estimate of drug-likeness (QED) is 0.673. The van der Waals surface area contributed by atoms with Gasteiger partial charge in [0, 0.05) is 6.42 Å². The zero-order valence-corrected chi connectivity index (χ0v) is 10.1. The average Bonchev–Trinajstić information content (AvgIpc) is 2.73. The number of aryl methyl sites for hydroxylation is 2. The second-order valence-corrected chi connectivity index (χ2v) is 4.51. The molecule has 0 unspecified atom stereocenters. The molecular weight excluding hydrogens is 204 g/mol. The van der Waals surface area contributed by atoms with E-state index in [9.17, 15) is 0 Å². The van der Waals surface area contributed by atoms with Gasteiger partial charge in [-0.3, -0.25) is 0 Å². The molecule has 0 saturated heterocycles. The second-order valence-electron chi connectivity index (χ2n) is 4.51. The van der Waals surface area contributed by atoms with Crippen LogP contribution in [0.3, 0.4) is 0 Å². The molecule has 0 bridgehead atoms. The molecule has 0 nitrogen and oxygen atoms in total. The van der Waals surface area contributed by atoms with Crippen molar-refractivity contribution in [2.75, 3.05) is 0 Å². The van der Waals surface area contributed by atoms with Crippen molar-refractivity contribution in [3.63, 3.8) is 0 Å². The molecule has 0 fully saturated rings. The Morgan fingerprint density at radius 2 is 1.53 bits per heavy atom. The Kier molecular flexibility index (Phi) is 2.36. The highest BCUT2D eigenvalue weighted by molar-refractivity contribution is 5.89. The van der Waals surface area contributed by atoms with Crippen LogP contribution >= 0.6 is 0 Å². The number of benzene rings is 2. The maximum Gasteiger partial charge on any atom is 0.0436 e. The molecule has 1 aliphatic rings. The van der Waals surface area contributed by atoms with Gasteiger partial charge < -0.3 is 0 Å². The van der Waals surface area contributed by atoms with Gasteiger partial charge in [0.1, 0.15) is 0 Å². The van der Waals surface area contributed by atoms with Crippen molar-refractivity contribution < 1.29 is 0 Å². The molecule has 0 N–H and O–H groups in total. The number of rotatable bonds is 1. The predicted octanol–water partition coefficient (Wildman–Crippen LogP) is 4.18. The Hall–Kier alpha value is -1.82. The minimum absolute atomic E-state index is 1.20. The molecule has 1 aliphatic carbocycles. The Morgan fingerprint density at radius 1 is 0.824 bits per heavy atom. The lowest BCUT2D eigenvalue weighted by Gasteiger charge is -2.12. The van der Waals surface area contributed by atoms with E-state index in [1.807, 2.05) is 0 Å². The normalized spacial score (nSPS) is 13.4. The molecular formula is C17H14. The van der Waals surface area contributed by atoms with E-state index in [2.05, 4.69) is 68.8 Å². The van der Waals surface area contributed by atoms with E-state index in [1.54, 1.807) is 0 Å². The van der Waals surface area contributed by atoms with Crippen molar-refractivity contribution in [3.05, 3.63) is 82.8 Å². The van der Waals surface area contributed by atoms with Crippen LogP contribution in [-0.2, 0) is 0 Å². The van der Waals surface area contributed by atoms with Gasteiger partial charge in [-0.15, -0.1) is 0 Å². The van der Waals surface area contributed by atoms with E-state index in [0.717, 1.165) is 0 Å². The molecule has 0 amide bonds. The maximum absolute atomic E-state index is 3.34.